The lowest BCUT2D eigenvalue weighted by Crippen LogP contribution is -2.19. The van der Waals surface area contributed by atoms with Crippen LogP contribution in [-0.4, -0.2) is 19.9 Å². The van der Waals surface area contributed by atoms with Crippen LogP contribution in [0.5, 0.6) is 0 Å². The van der Waals surface area contributed by atoms with Gasteiger partial charge in [0.25, 0.3) is 5.91 Å². The smallest absolute Gasteiger partial charge is 0.265 e. The molecule has 1 unspecified atom stereocenters. The van der Waals surface area contributed by atoms with Crippen molar-refractivity contribution in [3.8, 4) is 5.69 Å². The number of amides is 1. The quantitative estimate of drug-likeness (QED) is 0.787. The van der Waals surface area contributed by atoms with Crippen LogP contribution >= 0.6 is 0 Å². The molecular formula is C10H8N4O2S. The Hall–Kier alpha value is -2.15. The summed E-state index contributed by atoms with van der Waals surface area (Å²) in [7, 11) is -3.21. The zero-order valence-electron chi connectivity index (χ0n) is 8.58. The highest BCUT2D eigenvalue weighted by molar-refractivity contribution is 7.91. The van der Waals surface area contributed by atoms with Crippen LogP contribution in [0.3, 0.4) is 0 Å². The normalized spacial score (nSPS) is 22.2. The lowest BCUT2D eigenvalue weighted by atomic mass is 10.2. The molecule has 0 fully saturated rings. The fourth-order valence-electron chi connectivity index (χ4n) is 1.74. The third-order valence-corrected chi connectivity index (χ3v) is 3.95. The third-order valence-electron chi connectivity index (χ3n) is 2.52. The summed E-state index contributed by atoms with van der Waals surface area (Å²) in [5.74, 6) is -0.466. The van der Waals surface area contributed by atoms with E-state index in [1.807, 2.05) is 0 Å². The predicted molar refractivity (Wildman–Crippen MR) is 60.2 cm³/mol. The molecule has 1 aromatic carbocycles. The van der Waals surface area contributed by atoms with Crippen molar-refractivity contribution in [2.24, 2.45) is 0 Å². The minimum absolute atomic E-state index is 0.218. The van der Waals surface area contributed by atoms with Crippen LogP contribution in [0.25, 0.3) is 5.69 Å². The van der Waals surface area contributed by atoms with Crippen LogP contribution in [0.15, 0.2) is 41.6 Å². The molecule has 3 rings (SSSR count). The maximum absolute atomic E-state index is 11.8. The van der Waals surface area contributed by atoms with Gasteiger partial charge in [-0.2, -0.15) is 5.10 Å². The SMILES string of the molecule is N=S1(=O)NC(=O)c2ccc(-n3cccn3)cc21. The van der Waals surface area contributed by atoms with Gasteiger partial charge in [0.15, 0.2) is 9.92 Å². The van der Waals surface area contributed by atoms with E-state index in [4.69, 9.17) is 4.78 Å². The molecule has 0 spiro atoms. The lowest BCUT2D eigenvalue weighted by molar-refractivity contribution is 0.0985. The predicted octanol–water partition coefficient (Wildman–Crippen LogP) is 0.936. The van der Waals surface area contributed by atoms with Crippen molar-refractivity contribution < 1.29 is 9.00 Å². The molecule has 1 aliphatic rings. The van der Waals surface area contributed by atoms with Crippen molar-refractivity contribution in [1.29, 1.82) is 4.78 Å². The Labute approximate surface area is 97.4 Å². The largest absolute Gasteiger partial charge is 0.268 e. The number of nitrogens with one attached hydrogen (secondary N) is 2. The number of aromatic nitrogens is 2. The summed E-state index contributed by atoms with van der Waals surface area (Å²) in [5.41, 5.74) is 0.964. The van der Waals surface area contributed by atoms with Crippen LogP contribution in [0.4, 0.5) is 0 Å². The maximum atomic E-state index is 11.8. The molecule has 1 amide bonds. The van der Waals surface area contributed by atoms with Crippen molar-refractivity contribution >= 4 is 15.8 Å². The number of rotatable bonds is 1. The summed E-state index contributed by atoms with van der Waals surface area (Å²) in [6.45, 7) is 0. The Morgan fingerprint density at radius 2 is 2.24 bits per heavy atom. The fraction of sp³-hybridized carbons (Fsp3) is 0. The number of benzene rings is 1. The van der Waals surface area contributed by atoms with Gasteiger partial charge < -0.3 is 0 Å². The molecule has 1 aromatic heterocycles. The van der Waals surface area contributed by atoms with Gasteiger partial charge in [0.1, 0.15) is 0 Å². The van der Waals surface area contributed by atoms with Crippen molar-refractivity contribution in [1.82, 2.24) is 14.5 Å². The van der Waals surface area contributed by atoms with Crippen LogP contribution in [0, 0.1) is 4.78 Å². The standard InChI is InChI=1S/C10H8N4O2S/c11-17(16)9-6-7(14-5-1-4-12-14)2-3-8(9)10(15)13-17/h1-6H,(H2,11,13,15,16). The van der Waals surface area contributed by atoms with Gasteiger partial charge in [0, 0.05) is 12.4 Å². The van der Waals surface area contributed by atoms with E-state index in [9.17, 15) is 9.00 Å². The molecule has 86 valence electrons. The average Bonchev–Trinajstić information content (AvgIpc) is 2.87. The second-order valence-corrected chi connectivity index (χ2v) is 5.37. The summed E-state index contributed by atoms with van der Waals surface area (Å²) in [5, 5.41) is 4.04. The minimum atomic E-state index is -3.21. The lowest BCUT2D eigenvalue weighted by Gasteiger charge is -2.03. The average molecular weight is 248 g/mol. The van der Waals surface area contributed by atoms with Gasteiger partial charge in [-0.1, -0.05) is 0 Å². The Morgan fingerprint density at radius 1 is 1.41 bits per heavy atom. The maximum Gasteiger partial charge on any atom is 0.265 e. The van der Waals surface area contributed by atoms with Crippen molar-refractivity contribution in [3.63, 3.8) is 0 Å². The van der Waals surface area contributed by atoms with Gasteiger partial charge in [-0.15, -0.1) is 0 Å². The van der Waals surface area contributed by atoms with Crippen molar-refractivity contribution in [3.05, 3.63) is 42.2 Å². The second-order valence-electron chi connectivity index (χ2n) is 3.62. The number of hydrogen-bond donors (Lipinski definition) is 2. The highest BCUT2D eigenvalue weighted by Crippen LogP contribution is 2.25. The molecule has 7 heteroatoms. The van der Waals surface area contributed by atoms with E-state index in [0.717, 1.165) is 0 Å². The number of hydrogen-bond acceptors (Lipinski definition) is 4. The van der Waals surface area contributed by atoms with Gasteiger partial charge >= 0.3 is 0 Å². The minimum Gasteiger partial charge on any atom is -0.268 e. The summed E-state index contributed by atoms with van der Waals surface area (Å²) >= 11 is 0. The first kappa shape index (κ1) is 10.0. The first-order chi connectivity index (χ1) is 8.08. The van der Waals surface area contributed by atoms with E-state index >= 15 is 0 Å². The van der Waals surface area contributed by atoms with Crippen molar-refractivity contribution in [2.45, 2.75) is 4.90 Å². The highest BCUT2D eigenvalue weighted by Gasteiger charge is 2.29. The zero-order valence-corrected chi connectivity index (χ0v) is 9.40. The Morgan fingerprint density at radius 3 is 2.94 bits per heavy atom. The summed E-state index contributed by atoms with van der Waals surface area (Å²) in [6, 6.07) is 6.57. The molecule has 17 heavy (non-hydrogen) atoms. The van der Waals surface area contributed by atoms with Crippen LogP contribution in [0.1, 0.15) is 10.4 Å². The molecule has 1 aliphatic heterocycles. The third kappa shape index (κ3) is 1.43. The van der Waals surface area contributed by atoms with E-state index in [2.05, 4.69) is 9.82 Å². The highest BCUT2D eigenvalue weighted by atomic mass is 32.2. The molecule has 6 nitrogen and oxygen atoms in total. The Kier molecular flexibility index (Phi) is 1.87. The van der Waals surface area contributed by atoms with E-state index in [-0.39, 0.29) is 4.90 Å². The first-order valence-corrected chi connectivity index (χ1v) is 6.39. The zero-order chi connectivity index (χ0) is 12.0. The van der Waals surface area contributed by atoms with Gasteiger partial charge in [0.2, 0.25) is 0 Å². The monoisotopic (exact) mass is 248 g/mol. The molecule has 2 heterocycles. The summed E-state index contributed by atoms with van der Waals surface area (Å²) in [4.78, 5) is 11.7. The molecule has 0 saturated heterocycles. The molecule has 2 N–H and O–H groups in total. The van der Waals surface area contributed by atoms with E-state index in [0.29, 0.717) is 11.3 Å². The molecule has 0 saturated carbocycles. The molecule has 1 atom stereocenters. The number of nitrogens with zero attached hydrogens (tertiary/aromatic N) is 2. The van der Waals surface area contributed by atoms with Gasteiger partial charge in [-0.05, 0) is 24.3 Å². The first-order valence-electron chi connectivity index (χ1n) is 4.83. The molecule has 2 aromatic rings. The van der Waals surface area contributed by atoms with Gasteiger partial charge in [-0.25, -0.2) is 13.7 Å². The summed E-state index contributed by atoms with van der Waals surface area (Å²) < 4.78 is 23.2. The van der Waals surface area contributed by atoms with Gasteiger partial charge in [0.05, 0.1) is 16.1 Å². The number of carbonyl (C=O) groups is 1. The molecule has 0 aliphatic carbocycles. The van der Waals surface area contributed by atoms with Crippen molar-refractivity contribution in [2.75, 3.05) is 0 Å². The van der Waals surface area contributed by atoms with E-state index in [1.54, 1.807) is 41.3 Å². The number of fused-ring (bicyclic) bond motifs is 1. The van der Waals surface area contributed by atoms with Crippen LogP contribution < -0.4 is 4.72 Å². The van der Waals surface area contributed by atoms with E-state index in [1.165, 1.54) is 0 Å². The second kappa shape index (κ2) is 3.17. The van der Waals surface area contributed by atoms with Crippen LogP contribution in [0.2, 0.25) is 0 Å². The van der Waals surface area contributed by atoms with E-state index < -0.39 is 15.8 Å². The topological polar surface area (TPSA) is 87.8 Å². The molecule has 0 bridgehead atoms. The number of carbonyl (C=O) groups excluding carboxylic acids is 1. The Bertz CT molecular complexity index is 704. The fourth-order valence-corrected chi connectivity index (χ4v) is 2.98. The molecule has 0 radical (unpaired) electrons. The Balaban J connectivity index is 2.24. The summed E-state index contributed by atoms with van der Waals surface area (Å²) in [6.07, 6.45) is 3.35. The van der Waals surface area contributed by atoms with Crippen LogP contribution in [-0.2, 0) is 9.92 Å². The molecular weight excluding hydrogens is 240 g/mol. The van der Waals surface area contributed by atoms with Gasteiger partial charge in [-0.3, -0.25) is 9.52 Å².